The first-order valence-corrected chi connectivity index (χ1v) is 11.6. The number of nitrogens with zero attached hydrogens (tertiary/aromatic N) is 5. The number of hydrogen-bond donors (Lipinski definition) is 1. The van der Waals surface area contributed by atoms with Crippen LogP contribution in [0.2, 0.25) is 0 Å². The Balaban J connectivity index is 1.19. The highest BCUT2D eigenvalue weighted by molar-refractivity contribution is 5.92. The first-order chi connectivity index (χ1) is 16.5. The van der Waals surface area contributed by atoms with Crippen molar-refractivity contribution in [1.29, 1.82) is 0 Å². The van der Waals surface area contributed by atoms with E-state index in [0.717, 1.165) is 22.5 Å². The van der Waals surface area contributed by atoms with Crippen LogP contribution in [-0.4, -0.2) is 82.6 Å². The number of nitrogens with one attached hydrogen (secondary N) is 1. The molecule has 1 fully saturated rings. The van der Waals surface area contributed by atoms with Crippen LogP contribution in [-0.2, 0) is 16.1 Å². The number of aryl methyl sites for hydroxylation is 1. The molecule has 1 aliphatic rings. The van der Waals surface area contributed by atoms with Gasteiger partial charge in [0.1, 0.15) is 0 Å². The van der Waals surface area contributed by atoms with Gasteiger partial charge in [0, 0.05) is 50.2 Å². The molecule has 0 bridgehead atoms. The standard InChI is InChI=1S/C26H32N6O2/c1-21-8-10-23(11-9-21)28-25(33)19-30-12-14-31(15-13-30)26(34)20-29(2)17-22-16-27-32(18-22)24-6-4-3-5-7-24/h3-11,16,18H,12-15,17,19-20H2,1-2H3,(H,28,33). The molecule has 0 saturated carbocycles. The van der Waals surface area contributed by atoms with Crippen molar-refractivity contribution in [3.05, 3.63) is 78.1 Å². The zero-order valence-electron chi connectivity index (χ0n) is 19.9. The third-order valence-corrected chi connectivity index (χ3v) is 5.94. The zero-order valence-corrected chi connectivity index (χ0v) is 19.9. The molecule has 8 heteroatoms. The molecule has 1 saturated heterocycles. The van der Waals surface area contributed by atoms with Crippen LogP contribution in [0.5, 0.6) is 0 Å². The van der Waals surface area contributed by atoms with Crippen molar-refractivity contribution in [1.82, 2.24) is 24.5 Å². The van der Waals surface area contributed by atoms with E-state index in [-0.39, 0.29) is 11.8 Å². The van der Waals surface area contributed by atoms with Crippen LogP contribution in [0.1, 0.15) is 11.1 Å². The van der Waals surface area contributed by atoms with Gasteiger partial charge in [0.2, 0.25) is 11.8 Å². The molecule has 2 amide bonds. The molecule has 1 aliphatic heterocycles. The van der Waals surface area contributed by atoms with Gasteiger partial charge in [0.15, 0.2) is 0 Å². The number of aromatic nitrogens is 2. The summed E-state index contributed by atoms with van der Waals surface area (Å²) in [6, 6.07) is 17.7. The Kier molecular flexibility index (Phi) is 7.72. The molecule has 0 spiro atoms. The number of amides is 2. The molecule has 0 aliphatic carbocycles. The number of para-hydroxylation sites is 1. The summed E-state index contributed by atoms with van der Waals surface area (Å²) < 4.78 is 1.85. The summed E-state index contributed by atoms with van der Waals surface area (Å²) >= 11 is 0. The van der Waals surface area contributed by atoms with Gasteiger partial charge in [0.05, 0.1) is 25.0 Å². The van der Waals surface area contributed by atoms with Crippen LogP contribution in [0.15, 0.2) is 67.0 Å². The summed E-state index contributed by atoms with van der Waals surface area (Å²) in [5, 5.41) is 7.36. The van der Waals surface area contributed by atoms with Gasteiger partial charge in [-0.2, -0.15) is 5.10 Å². The molecule has 8 nitrogen and oxygen atoms in total. The Morgan fingerprint density at radius 2 is 1.71 bits per heavy atom. The lowest BCUT2D eigenvalue weighted by molar-refractivity contribution is -0.134. The molecular weight excluding hydrogens is 428 g/mol. The van der Waals surface area contributed by atoms with Gasteiger partial charge in [-0.3, -0.25) is 19.4 Å². The predicted molar refractivity (Wildman–Crippen MR) is 133 cm³/mol. The molecule has 0 atom stereocenters. The van der Waals surface area contributed by atoms with Gasteiger partial charge < -0.3 is 10.2 Å². The van der Waals surface area contributed by atoms with E-state index in [1.807, 2.05) is 95.4 Å². The van der Waals surface area contributed by atoms with Crippen LogP contribution >= 0.6 is 0 Å². The Hall–Kier alpha value is -3.49. The number of rotatable bonds is 8. The van der Waals surface area contributed by atoms with E-state index >= 15 is 0 Å². The van der Waals surface area contributed by atoms with Crippen molar-refractivity contribution >= 4 is 17.5 Å². The lowest BCUT2D eigenvalue weighted by Gasteiger charge is -2.35. The SMILES string of the molecule is Cc1ccc(NC(=O)CN2CCN(C(=O)CN(C)Cc3cnn(-c4ccccc4)c3)CC2)cc1. The van der Waals surface area contributed by atoms with Crippen LogP contribution < -0.4 is 5.32 Å². The number of likely N-dealkylation sites (N-methyl/N-ethyl adjacent to an activating group) is 1. The molecular formula is C26H32N6O2. The van der Waals surface area contributed by atoms with E-state index in [0.29, 0.717) is 45.8 Å². The van der Waals surface area contributed by atoms with Gasteiger partial charge >= 0.3 is 0 Å². The van der Waals surface area contributed by atoms with Gasteiger partial charge in [0.25, 0.3) is 0 Å². The maximum absolute atomic E-state index is 12.8. The Bertz CT molecular complexity index is 1090. The Morgan fingerprint density at radius 1 is 1.00 bits per heavy atom. The highest BCUT2D eigenvalue weighted by Gasteiger charge is 2.23. The van der Waals surface area contributed by atoms with E-state index in [4.69, 9.17) is 0 Å². The molecule has 1 aromatic heterocycles. The number of anilines is 1. The second-order valence-corrected chi connectivity index (χ2v) is 8.87. The normalized spacial score (nSPS) is 14.4. The summed E-state index contributed by atoms with van der Waals surface area (Å²) in [5.41, 5.74) is 4.04. The van der Waals surface area contributed by atoms with Gasteiger partial charge in [-0.05, 0) is 38.2 Å². The van der Waals surface area contributed by atoms with Crippen molar-refractivity contribution in [2.45, 2.75) is 13.5 Å². The summed E-state index contributed by atoms with van der Waals surface area (Å²) in [4.78, 5) is 31.1. The maximum Gasteiger partial charge on any atom is 0.238 e. The van der Waals surface area contributed by atoms with E-state index in [9.17, 15) is 9.59 Å². The molecule has 34 heavy (non-hydrogen) atoms. The Labute approximate surface area is 200 Å². The van der Waals surface area contributed by atoms with Crippen LogP contribution in [0.3, 0.4) is 0 Å². The Morgan fingerprint density at radius 3 is 2.41 bits per heavy atom. The quantitative estimate of drug-likeness (QED) is 0.559. The third-order valence-electron chi connectivity index (χ3n) is 5.94. The van der Waals surface area contributed by atoms with Crippen molar-refractivity contribution in [2.75, 3.05) is 51.6 Å². The van der Waals surface area contributed by atoms with Crippen molar-refractivity contribution in [3.63, 3.8) is 0 Å². The average molecular weight is 461 g/mol. The highest BCUT2D eigenvalue weighted by atomic mass is 16.2. The minimum atomic E-state index is -0.0283. The minimum absolute atomic E-state index is 0.0283. The molecule has 2 aromatic carbocycles. The average Bonchev–Trinajstić information content (AvgIpc) is 3.30. The van der Waals surface area contributed by atoms with Crippen molar-refractivity contribution in [2.24, 2.45) is 0 Å². The van der Waals surface area contributed by atoms with Crippen molar-refractivity contribution < 1.29 is 9.59 Å². The number of benzene rings is 2. The predicted octanol–water partition coefficient (Wildman–Crippen LogP) is 2.40. The first-order valence-electron chi connectivity index (χ1n) is 11.6. The maximum atomic E-state index is 12.8. The molecule has 2 heterocycles. The number of carbonyl (C=O) groups is 2. The summed E-state index contributed by atoms with van der Waals surface area (Å²) in [5.74, 6) is 0.0844. The molecule has 0 unspecified atom stereocenters. The minimum Gasteiger partial charge on any atom is -0.339 e. The largest absolute Gasteiger partial charge is 0.339 e. The lowest BCUT2D eigenvalue weighted by atomic mass is 10.2. The highest BCUT2D eigenvalue weighted by Crippen LogP contribution is 2.11. The molecule has 178 valence electrons. The van der Waals surface area contributed by atoms with E-state index in [1.54, 1.807) is 0 Å². The zero-order chi connectivity index (χ0) is 23.9. The summed E-state index contributed by atoms with van der Waals surface area (Å²) in [7, 11) is 1.95. The fraction of sp³-hybridized carbons (Fsp3) is 0.346. The van der Waals surface area contributed by atoms with Gasteiger partial charge in [-0.15, -0.1) is 0 Å². The first kappa shape index (κ1) is 23.7. The molecule has 0 radical (unpaired) electrons. The second kappa shape index (κ2) is 11.1. The van der Waals surface area contributed by atoms with Crippen LogP contribution in [0, 0.1) is 6.92 Å². The van der Waals surface area contributed by atoms with Gasteiger partial charge in [-0.1, -0.05) is 35.9 Å². The second-order valence-electron chi connectivity index (χ2n) is 8.87. The molecule has 4 rings (SSSR count). The third kappa shape index (κ3) is 6.52. The van der Waals surface area contributed by atoms with E-state index in [2.05, 4.69) is 15.3 Å². The number of hydrogen-bond acceptors (Lipinski definition) is 5. The fourth-order valence-corrected chi connectivity index (χ4v) is 4.06. The topological polar surface area (TPSA) is 73.7 Å². The fourth-order valence-electron chi connectivity index (χ4n) is 4.06. The molecule has 1 N–H and O–H groups in total. The van der Waals surface area contributed by atoms with Crippen LogP contribution in [0.25, 0.3) is 5.69 Å². The monoisotopic (exact) mass is 460 g/mol. The summed E-state index contributed by atoms with van der Waals surface area (Å²) in [6.45, 7) is 6.02. The lowest BCUT2D eigenvalue weighted by Crippen LogP contribution is -2.52. The van der Waals surface area contributed by atoms with Crippen LogP contribution in [0.4, 0.5) is 5.69 Å². The van der Waals surface area contributed by atoms with Gasteiger partial charge in [-0.25, -0.2) is 4.68 Å². The smallest absolute Gasteiger partial charge is 0.238 e. The number of piperazine rings is 1. The molecule has 3 aromatic rings. The van der Waals surface area contributed by atoms with E-state index in [1.165, 1.54) is 0 Å². The van der Waals surface area contributed by atoms with E-state index < -0.39 is 0 Å². The number of carbonyl (C=O) groups excluding carboxylic acids is 2. The summed E-state index contributed by atoms with van der Waals surface area (Å²) in [6.07, 6.45) is 3.84. The van der Waals surface area contributed by atoms with Crippen molar-refractivity contribution in [3.8, 4) is 5.69 Å².